The SMILES string of the molecule is CCC(C)NC(=O)c1cc(C)co1. The highest BCUT2D eigenvalue weighted by molar-refractivity contribution is 5.91. The summed E-state index contributed by atoms with van der Waals surface area (Å²) < 4.78 is 5.06. The minimum atomic E-state index is -0.137. The summed E-state index contributed by atoms with van der Waals surface area (Å²) in [5.74, 6) is 0.250. The average Bonchev–Trinajstić information content (AvgIpc) is 2.51. The van der Waals surface area contributed by atoms with Crippen molar-refractivity contribution in [2.75, 3.05) is 0 Å². The molecule has 1 amide bonds. The van der Waals surface area contributed by atoms with Gasteiger partial charge in [0.25, 0.3) is 5.91 Å². The van der Waals surface area contributed by atoms with Gasteiger partial charge in [-0.2, -0.15) is 0 Å². The number of aryl methyl sites for hydroxylation is 1. The van der Waals surface area contributed by atoms with E-state index < -0.39 is 0 Å². The van der Waals surface area contributed by atoms with Crippen molar-refractivity contribution < 1.29 is 9.21 Å². The third kappa shape index (κ3) is 2.61. The van der Waals surface area contributed by atoms with Gasteiger partial charge in [-0.05, 0) is 31.9 Å². The molecule has 3 nitrogen and oxygen atoms in total. The summed E-state index contributed by atoms with van der Waals surface area (Å²) in [6.07, 6.45) is 2.50. The molecular formula is C10H15NO2. The first-order valence-corrected chi connectivity index (χ1v) is 4.49. The van der Waals surface area contributed by atoms with E-state index in [2.05, 4.69) is 5.32 Å². The minimum Gasteiger partial charge on any atom is -0.459 e. The molecular weight excluding hydrogens is 166 g/mol. The molecule has 1 atom stereocenters. The molecule has 72 valence electrons. The molecule has 0 spiro atoms. The van der Waals surface area contributed by atoms with Crippen molar-refractivity contribution in [2.24, 2.45) is 0 Å². The molecule has 1 unspecified atom stereocenters. The Balaban J connectivity index is 2.58. The zero-order valence-electron chi connectivity index (χ0n) is 8.26. The maximum Gasteiger partial charge on any atom is 0.287 e. The Hall–Kier alpha value is -1.25. The van der Waals surface area contributed by atoms with Crippen molar-refractivity contribution >= 4 is 5.91 Å². The number of hydrogen-bond acceptors (Lipinski definition) is 2. The largest absolute Gasteiger partial charge is 0.459 e. The van der Waals surface area contributed by atoms with Gasteiger partial charge in [0.15, 0.2) is 5.76 Å². The minimum absolute atomic E-state index is 0.137. The van der Waals surface area contributed by atoms with Crippen LogP contribution in [0.4, 0.5) is 0 Å². The van der Waals surface area contributed by atoms with Crippen LogP contribution in [0.5, 0.6) is 0 Å². The van der Waals surface area contributed by atoms with Gasteiger partial charge in [-0.15, -0.1) is 0 Å². The van der Waals surface area contributed by atoms with E-state index in [0.29, 0.717) is 5.76 Å². The van der Waals surface area contributed by atoms with Gasteiger partial charge in [-0.3, -0.25) is 4.79 Å². The van der Waals surface area contributed by atoms with E-state index in [9.17, 15) is 4.79 Å². The standard InChI is InChI=1S/C10H15NO2/c1-4-8(3)11-10(12)9-5-7(2)6-13-9/h5-6,8H,4H2,1-3H3,(H,11,12). The van der Waals surface area contributed by atoms with Crippen LogP contribution in [-0.4, -0.2) is 11.9 Å². The van der Waals surface area contributed by atoms with Crippen LogP contribution in [0.2, 0.25) is 0 Å². The Morgan fingerprint density at radius 1 is 1.69 bits per heavy atom. The zero-order valence-corrected chi connectivity index (χ0v) is 8.26. The van der Waals surface area contributed by atoms with Crippen molar-refractivity contribution in [3.05, 3.63) is 23.7 Å². The summed E-state index contributed by atoms with van der Waals surface area (Å²) in [5, 5.41) is 2.83. The first-order valence-electron chi connectivity index (χ1n) is 4.49. The highest BCUT2D eigenvalue weighted by Gasteiger charge is 2.11. The Bertz CT molecular complexity index is 291. The van der Waals surface area contributed by atoms with Crippen molar-refractivity contribution in [3.63, 3.8) is 0 Å². The summed E-state index contributed by atoms with van der Waals surface area (Å²) in [6, 6.07) is 1.93. The molecule has 0 aliphatic heterocycles. The molecule has 0 aliphatic rings. The molecule has 1 aromatic rings. The number of amides is 1. The first kappa shape index (κ1) is 9.84. The predicted octanol–water partition coefficient (Wildman–Crippen LogP) is 2.12. The first-order chi connectivity index (χ1) is 6.13. The molecule has 0 radical (unpaired) electrons. The number of hydrogen-bond donors (Lipinski definition) is 1. The van der Waals surface area contributed by atoms with Gasteiger partial charge in [-0.1, -0.05) is 6.92 Å². The van der Waals surface area contributed by atoms with E-state index in [0.717, 1.165) is 12.0 Å². The molecule has 0 aromatic carbocycles. The lowest BCUT2D eigenvalue weighted by Crippen LogP contribution is -2.31. The Labute approximate surface area is 78.1 Å². The van der Waals surface area contributed by atoms with Gasteiger partial charge in [0.2, 0.25) is 0 Å². The van der Waals surface area contributed by atoms with Crippen LogP contribution >= 0.6 is 0 Å². The van der Waals surface area contributed by atoms with Crippen molar-refractivity contribution in [3.8, 4) is 0 Å². The molecule has 3 heteroatoms. The third-order valence-corrected chi connectivity index (χ3v) is 1.94. The van der Waals surface area contributed by atoms with Crippen LogP contribution < -0.4 is 5.32 Å². The molecule has 1 aromatic heterocycles. The van der Waals surface area contributed by atoms with E-state index >= 15 is 0 Å². The summed E-state index contributed by atoms with van der Waals surface area (Å²) in [4.78, 5) is 11.4. The van der Waals surface area contributed by atoms with Gasteiger partial charge in [0.05, 0.1) is 6.26 Å². The van der Waals surface area contributed by atoms with Crippen molar-refractivity contribution in [1.82, 2.24) is 5.32 Å². The molecule has 1 N–H and O–H groups in total. The Kier molecular flexibility index (Phi) is 3.12. The highest BCUT2D eigenvalue weighted by atomic mass is 16.3. The fourth-order valence-corrected chi connectivity index (χ4v) is 0.947. The topological polar surface area (TPSA) is 42.2 Å². The second-order valence-corrected chi connectivity index (χ2v) is 3.27. The Morgan fingerprint density at radius 3 is 2.85 bits per heavy atom. The molecule has 13 heavy (non-hydrogen) atoms. The molecule has 1 heterocycles. The molecule has 0 aliphatic carbocycles. The fraction of sp³-hybridized carbons (Fsp3) is 0.500. The highest BCUT2D eigenvalue weighted by Crippen LogP contribution is 2.06. The smallest absolute Gasteiger partial charge is 0.287 e. The Morgan fingerprint density at radius 2 is 2.38 bits per heavy atom. The van der Waals surface area contributed by atoms with Crippen molar-refractivity contribution in [1.29, 1.82) is 0 Å². The number of carbonyl (C=O) groups excluding carboxylic acids is 1. The van der Waals surface area contributed by atoms with Crippen LogP contribution in [0.25, 0.3) is 0 Å². The van der Waals surface area contributed by atoms with E-state index in [4.69, 9.17) is 4.42 Å². The van der Waals surface area contributed by atoms with Crippen LogP contribution in [0.3, 0.4) is 0 Å². The summed E-state index contributed by atoms with van der Waals surface area (Å²) in [6.45, 7) is 5.88. The van der Waals surface area contributed by atoms with Crippen LogP contribution in [0.1, 0.15) is 36.4 Å². The second-order valence-electron chi connectivity index (χ2n) is 3.27. The van der Waals surface area contributed by atoms with Crippen LogP contribution in [0.15, 0.2) is 16.7 Å². The second kappa shape index (κ2) is 4.12. The van der Waals surface area contributed by atoms with E-state index in [1.54, 1.807) is 12.3 Å². The number of carbonyl (C=O) groups is 1. The maximum atomic E-state index is 11.4. The predicted molar refractivity (Wildman–Crippen MR) is 50.7 cm³/mol. The average molecular weight is 181 g/mol. The molecule has 1 rings (SSSR count). The summed E-state index contributed by atoms with van der Waals surface area (Å²) >= 11 is 0. The van der Waals surface area contributed by atoms with Gasteiger partial charge < -0.3 is 9.73 Å². The lowest BCUT2D eigenvalue weighted by molar-refractivity contribution is 0.0911. The lowest BCUT2D eigenvalue weighted by Gasteiger charge is -2.08. The van der Waals surface area contributed by atoms with E-state index in [1.165, 1.54) is 0 Å². The number of rotatable bonds is 3. The van der Waals surface area contributed by atoms with Crippen molar-refractivity contribution in [2.45, 2.75) is 33.2 Å². The number of nitrogens with one attached hydrogen (secondary N) is 1. The van der Waals surface area contributed by atoms with Gasteiger partial charge in [0.1, 0.15) is 0 Å². The van der Waals surface area contributed by atoms with E-state index in [-0.39, 0.29) is 11.9 Å². The van der Waals surface area contributed by atoms with Gasteiger partial charge in [0, 0.05) is 6.04 Å². The zero-order chi connectivity index (χ0) is 9.84. The van der Waals surface area contributed by atoms with Crippen LogP contribution in [-0.2, 0) is 0 Å². The normalized spacial score (nSPS) is 12.5. The molecule has 0 fully saturated rings. The van der Waals surface area contributed by atoms with E-state index in [1.807, 2.05) is 20.8 Å². The van der Waals surface area contributed by atoms with Crippen LogP contribution in [0, 0.1) is 6.92 Å². The summed E-state index contributed by atoms with van der Waals surface area (Å²) in [5.41, 5.74) is 0.967. The lowest BCUT2D eigenvalue weighted by atomic mass is 10.2. The quantitative estimate of drug-likeness (QED) is 0.776. The van der Waals surface area contributed by atoms with Gasteiger partial charge in [-0.25, -0.2) is 0 Å². The molecule has 0 bridgehead atoms. The fourth-order valence-electron chi connectivity index (χ4n) is 0.947. The summed E-state index contributed by atoms with van der Waals surface area (Å²) in [7, 11) is 0. The monoisotopic (exact) mass is 181 g/mol. The third-order valence-electron chi connectivity index (χ3n) is 1.94. The molecule has 0 saturated carbocycles. The van der Waals surface area contributed by atoms with Gasteiger partial charge >= 0.3 is 0 Å². The maximum absolute atomic E-state index is 11.4. The number of furan rings is 1. The molecule has 0 saturated heterocycles.